The lowest BCUT2D eigenvalue weighted by molar-refractivity contribution is -0.125. The van der Waals surface area contributed by atoms with Crippen molar-refractivity contribution in [1.29, 1.82) is 0 Å². The zero-order valence-corrected chi connectivity index (χ0v) is 17.3. The van der Waals surface area contributed by atoms with E-state index < -0.39 is 30.2 Å². The van der Waals surface area contributed by atoms with E-state index in [1.807, 2.05) is 24.3 Å². The minimum Gasteiger partial charge on any atom is -0.452 e. The maximum absolute atomic E-state index is 13.7. The Labute approximate surface area is 184 Å². The number of nitrogens with one attached hydrogen (secondary N) is 2. The van der Waals surface area contributed by atoms with Crippen LogP contribution < -0.4 is 10.9 Å². The number of hydrazine groups is 1. The largest absolute Gasteiger partial charge is 0.452 e. The van der Waals surface area contributed by atoms with Gasteiger partial charge in [-0.1, -0.05) is 36.8 Å². The molecule has 0 bridgehead atoms. The average molecular weight is 435 g/mol. The highest BCUT2D eigenvalue weighted by atomic mass is 19.1. The van der Waals surface area contributed by atoms with E-state index in [0.29, 0.717) is 16.5 Å². The van der Waals surface area contributed by atoms with E-state index in [2.05, 4.69) is 10.9 Å². The van der Waals surface area contributed by atoms with Gasteiger partial charge in [0.1, 0.15) is 5.82 Å². The number of rotatable bonds is 4. The third kappa shape index (κ3) is 4.59. The number of benzene rings is 2. The number of amides is 2. The van der Waals surface area contributed by atoms with Crippen molar-refractivity contribution in [2.45, 2.75) is 32.1 Å². The molecule has 1 heterocycles. The van der Waals surface area contributed by atoms with Gasteiger partial charge in [-0.2, -0.15) is 0 Å². The van der Waals surface area contributed by atoms with E-state index in [0.717, 1.165) is 49.4 Å². The lowest BCUT2D eigenvalue weighted by Gasteiger charge is -2.15. The molecule has 0 aliphatic heterocycles. The Bertz CT molecular complexity index is 1200. The van der Waals surface area contributed by atoms with Crippen molar-refractivity contribution in [2.75, 3.05) is 6.61 Å². The summed E-state index contributed by atoms with van der Waals surface area (Å²) in [5.41, 5.74) is 6.95. The molecule has 1 aliphatic carbocycles. The van der Waals surface area contributed by atoms with Crippen LogP contribution >= 0.6 is 0 Å². The fourth-order valence-corrected chi connectivity index (χ4v) is 3.86. The van der Waals surface area contributed by atoms with Crippen LogP contribution in [0.1, 0.15) is 51.2 Å². The molecule has 0 unspecified atom stereocenters. The van der Waals surface area contributed by atoms with Crippen molar-refractivity contribution in [2.24, 2.45) is 0 Å². The van der Waals surface area contributed by atoms with Crippen molar-refractivity contribution in [3.8, 4) is 0 Å². The van der Waals surface area contributed by atoms with Gasteiger partial charge in [0.25, 0.3) is 11.8 Å². The number of aryl methyl sites for hydroxylation is 1. The Kier molecular flexibility index (Phi) is 6.39. The average Bonchev–Trinajstić information content (AvgIpc) is 3.05. The first-order chi connectivity index (χ1) is 15.5. The summed E-state index contributed by atoms with van der Waals surface area (Å²) < 4.78 is 18.9. The Morgan fingerprint density at radius 2 is 1.69 bits per heavy atom. The van der Waals surface area contributed by atoms with Gasteiger partial charge in [0.15, 0.2) is 6.61 Å². The molecule has 0 saturated heterocycles. The summed E-state index contributed by atoms with van der Waals surface area (Å²) in [5, 5.41) is 0.686. The number of carbonyl (C=O) groups is 3. The van der Waals surface area contributed by atoms with Gasteiger partial charge in [-0.25, -0.2) is 9.18 Å². The fourth-order valence-electron chi connectivity index (χ4n) is 3.86. The van der Waals surface area contributed by atoms with Gasteiger partial charge in [0, 0.05) is 11.1 Å². The van der Waals surface area contributed by atoms with Crippen LogP contribution in [0.5, 0.6) is 0 Å². The first kappa shape index (κ1) is 21.4. The van der Waals surface area contributed by atoms with E-state index in [9.17, 15) is 18.8 Å². The number of esters is 1. The predicted octanol–water partition coefficient (Wildman–Crippen LogP) is 3.26. The molecule has 8 heteroatoms. The van der Waals surface area contributed by atoms with Crippen LogP contribution in [-0.2, 0) is 22.4 Å². The van der Waals surface area contributed by atoms with E-state index in [4.69, 9.17) is 9.72 Å². The molecule has 2 aromatic carbocycles. The van der Waals surface area contributed by atoms with Crippen LogP contribution in [0.3, 0.4) is 0 Å². The number of hydrogen-bond acceptors (Lipinski definition) is 5. The Morgan fingerprint density at radius 3 is 2.53 bits per heavy atom. The Morgan fingerprint density at radius 1 is 0.938 bits per heavy atom. The van der Waals surface area contributed by atoms with E-state index in [1.54, 1.807) is 0 Å². The Balaban J connectivity index is 1.45. The van der Waals surface area contributed by atoms with Crippen molar-refractivity contribution in [3.05, 3.63) is 76.7 Å². The van der Waals surface area contributed by atoms with Crippen molar-refractivity contribution in [3.63, 3.8) is 0 Å². The summed E-state index contributed by atoms with van der Waals surface area (Å²) in [6.07, 6.45) is 4.55. The molecule has 0 spiro atoms. The molecular formula is C24H22FN3O4. The highest BCUT2D eigenvalue weighted by Crippen LogP contribution is 2.29. The van der Waals surface area contributed by atoms with Gasteiger partial charge < -0.3 is 4.74 Å². The second-order valence-corrected chi connectivity index (χ2v) is 7.55. The smallest absolute Gasteiger partial charge is 0.339 e. The number of halogens is 1. The number of pyridine rings is 1. The van der Waals surface area contributed by atoms with Crippen LogP contribution in [0.4, 0.5) is 4.39 Å². The highest BCUT2D eigenvalue weighted by Gasteiger charge is 2.23. The highest BCUT2D eigenvalue weighted by molar-refractivity contribution is 6.05. The van der Waals surface area contributed by atoms with Crippen LogP contribution in [-0.4, -0.2) is 29.4 Å². The topological polar surface area (TPSA) is 97.4 Å². The van der Waals surface area contributed by atoms with Gasteiger partial charge in [-0.05, 0) is 49.4 Å². The van der Waals surface area contributed by atoms with Gasteiger partial charge in [0.05, 0.1) is 16.6 Å². The molecule has 0 radical (unpaired) electrons. The molecule has 164 valence electrons. The first-order valence-corrected chi connectivity index (χ1v) is 10.5. The molecule has 0 fully saturated rings. The third-order valence-electron chi connectivity index (χ3n) is 5.39. The van der Waals surface area contributed by atoms with Crippen LogP contribution in [0, 0.1) is 5.82 Å². The summed E-state index contributed by atoms with van der Waals surface area (Å²) in [6.45, 7) is -0.595. The van der Waals surface area contributed by atoms with E-state index in [-0.39, 0.29) is 5.56 Å². The van der Waals surface area contributed by atoms with Gasteiger partial charge in [0.2, 0.25) is 0 Å². The van der Waals surface area contributed by atoms with Crippen LogP contribution in [0.15, 0.2) is 48.5 Å². The Hall–Kier alpha value is -3.81. The quantitative estimate of drug-likeness (QED) is 0.373. The number of carbonyl (C=O) groups excluding carboxylic acids is 3. The van der Waals surface area contributed by atoms with E-state index >= 15 is 0 Å². The summed E-state index contributed by atoms with van der Waals surface area (Å²) in [5.74, 6) is -2.88. The SMILES string of the molecule is O=C(COC(=O)c1c2c(nc3ccccc13)CCCCC2)NNC(=O)c1ccccc1F. The number of hydrogen-bond donors (Lipinski definition) is 2. The minimum absolute atomic E-state index is 0.212. The minimum atomic E-state index is -0.812. The third-order valence-corrected chi connectivity index (χ3v) is 5.39. The lowest BCUT2D eigenvalue weighted by Crippen LogP contribution is -2.43. The fraction of sp³-hybridized carbons (Fsp3) is 0.250. The summed E-state index contributed by atoms with van der Waals surface area (Å²) in [7, 11) is 0. The monoisotopic (exact) mass is 435 g/mol. The first-order valence-electron chi connectivity index (χ1n) is 10.5. The lowest BCUT2D eigenvalue weighted by atomic mass is 9.97. The van der Waals surface area contributed by atoms with Gasteiger partial charge >= 0.3 is 5.97 Å². The van der Waals surface area contributed by atoms with Crippen molar-refractivity contribution in [1.82, 2.24) is 15.8 Å². The van der Waals surface area contributed by atoms with Crippen molar-refractivity contribution < 1.29 is 23.5 Å². The molecule has 2 N–H and O–H groups in total. The van der Waals surface area contributed by atoms with E-state index in [1.165, 1.54) is 18.2 Å². The zero-order chi connectivity index (χ0) is 22.5. The molecule has 7 nitrogen and oxygen atoms in total. The molecule has 0 saturated carbocycles. The second kappa shape index (κ2) is 9.55. The number of nitrogens with zero attached hydrogens (tertiary/aromatic N) is 1. The van der Waals surface area contributed by atoms with Crippen molar-refractivity contribution >= 4 is 28.7 Å². The maximum Gasteiger partial charge on any atom is 0.339 e. The standard InChI is InChI=1S/C24H22FN3O4/c25-18-11-6-4-8-15(18)23(30)28-27-21(29)14-32-24(31)22-16-9-2-1-3-12-19(16)26-20-13-7-5-10-17(20)22/h4-8,10-11,13H,1-3,9,12,14H2,(H,27,29)(H,28,30). The maximum atomic E-state index is 13.7. The predicted molar refractivity (Wildman–Crippen MR) is 115 cm³/mol. The van der Waals surface area contributed by atoms with Crippen LogP contribution in [0.2, 0.25) is 0 Å². The molecule has 4 rings (SSSR count). The molecule has 2 amide bonds. The zero-order valence-electron chi connectivity index (χ0n) is 17.3. The number of ether oxygens (including phenoxy) is 1. The molecule has 32 heavy (non-hydrogen) atoms. The van der Waals surface area contributed by atoms with Gasteiger partial charge in [-0.15, -0.1) is 0 Å². The second-order valence-electron chi connectivity index (χ2n) is 7.55. The molecule has 1 aromatic heterocycles. The summed E-state index contributed by atoms with van der Waals surface area (Å²) in [6, 6.07) is 12.7. The summed E-state index contributed by atoms with van der Waals surface area (Å²) >= 11 is 0. The molecule has 0 atom stereocenters. The summed E-state index contributed by atoms with van der Waals surface area (Å²) in [4.78, 5) is 41.8. The van der Waals surface area contributed by atoms with Crippen LogP contribution in [0.25, 0.3) is 10.9 Å². The van der Waals surface area contributed by atoms with Gasteiger partial charge in [-0.3, -0.25) is 25.4 Å². The molecular weight excluding hydrogens is 413 g/mol. The number of aromatic nitrogens is 1. The molecule has 1 aliphatic rings. The molecule has 3 aromatic rings. The normalized spacial score (nSPS) is 13.0. The number of para-hydroxylation sites is 1. The number of fused-ring (bicyclic) bond motifs is 2.